The molecule has 1 aliphatic rings. The molecule has 1 aliphatic carbocycles. The quantitative estimate of drug-likeness (QED) is 0.747. The normalized spacial score (nSPS) is 33.5. The molecule has 3 nitrogen and oxygen atoms in total. The lowest BCUT2D eigenvalue weighted by atomic mass is 9.76. The van der Waals surface area contributed by atoms with Gasteiger partial charge in [-0.2, -0.15) is 0 Å². The van der Waals surface area contributed by atoms with E-state index in [0.717, 1.165) is 12.8 Å². The molecular weight excluding hydrogens is 190 g/mol. The van der Waals surface area contributed by atoms with Crippen molar-refractivity contribution in [3.8, 4) is 0 Å². The standard InChI is InChI=1S/C12H23NO2/c1-8-4-9(2)6-11(5-8)12(15)13-7-10(3)14/h8-11,14H,4-7H2,1-3H3,(H,13,15)/t8-,9+,10-,11?/m0/s1. The SMILES string of the molecule is C[C@@H]1CC(C(=O)NC[C@H](C)O)C[C@H](C)C1. The molecule has 1 rings (SSSR count). The maximum atomic E-state index is 11.8. The molecular formula is C12H23NO2. The Labute approximate surface area is 92.3 Å². The number of carbonyl (C=O) groups is 1. The van der Waals surface area contributed by atoms with Crippen molar-refractivity contribution in [1.29, 1.82) is 0 Å². The zero-order valence-corrected chi connectivity index (χ0v) is 9.99. The van der Waals surface area contributed by atoms with Crippen LogP contribution in [-0.2, 0) is 4.79 Å². The predicted octanol–water partition coefficient (Wildman–Crippen LogP) is 1.56. The summed E-state index contributed by atoms with van der Waals surface area (Å²) in [4.78, 5) is 11.8. The molecule has 1 saturated carbocycles. The number of amides is 1. The number of nitrogens with one attached hydrogen (secondary N) is 1. The van der Waals surface area contributed by atoms with Crippen molar-refractivity contribution >= 4 is 5.91 Å². The van der Waals surface area contributed by atoms with Gasteiger partial charge in [0.1, 0.15) is 0 Å². The molecule has 0 aromatic carbocycles. The molecule has 1 fully saturated rings. The number of aliphatic hydroxyl groups is 1. The Bertz CT molecular complexity index is 206. The number of hydrogen-bond donors (Lipinski definition) is 2. The van der Waals surface area contributed by atoms with Gasteiger partial charge in [0.2, 0.25) is 5.91 Å². The van der Waals surface area contributed by atoms with E-state index in [1.807, 2.05) is 0 Å². The van der Waals surface area contributed by atoms with E-state index in [4.69, 9.17) is 5.11 Å². The number of hydrogen-bond acceptors (Lipinski definition) is 2. The maximum absolute atomic E-state index is 11.8. The van der Waals surface area contributed by atoms with Gasteiger partial charge < -0.3 is 10.4 Å². The third-order valence-corrected chi connectivity index (χ3v) is 3.12. The smallest absolute Gasteiger partial charge is 0.223 e. The van der Waals surface area contributed by atoms with E-state index in [1.165, 1.54) is 6.42 Å². The summed E-state index contributed by atoms with van der Waals surface area (Å²) >= 11 is 0. The molecule has 0 heterocycles. The molecule has 88 valence electrons. The van der Waals surface area contributed by atoms with Gasteiger partial charge in [-0.05, 0) is 38.0 Å². The van der Waals surface area contributed by atoms with Crippen LogP contribution in [0.25, 0.3) is 0 Å². The van der Waals surface area contributed by atoms with E-state index in [2.05, 4.69) is 19.2 Å². The van der Waals surface area contributed by atoms with E-state index in [1.54, 1.807) is 6.92 Å². The molecule has 15 heavy (non-hydrogen) atoms. The molecule has 0 spiro atoms. The summed E-state index contributed by atoms with van der Waals surface area (Å²) in [6, 6.07) is 0. The first-order valence-electron chi connectivity index (χ1n) is 5.94. The van der Waals surface area contributed by atoms with Gasteiger partial charge in [0.15, 0.2) is 0 Å². The highest BCUT2D eigenvalue weighted by Crippen LogP contribution is 2.32. The Morgan fingerprint density at radius 2 is 1.87 bits per heavy atom. The summed E-state index contributed by atoms with van der Waals surface area (Å²) in [7, 11) is 0. The molecule has 0 aliphatic heterocycles. The predicted molar refractivity (Wildman–Crippen MR) is 60.4 cm³/mol. The Balaban J connectivity index is 2.38. The lowest BCUT2D eigenvalue weighted by molar-refractivity contribution is -0.127. The number of rotatable bonds is 3. The fourth-order valence-corrected chi connectivity index (χ4v) is 2.55. The Morgan fingerprint density at radius 1 is 1.33 bits per heavy atom. The van der Waals surface area contributed by atoms with Crippen LogP contribution in [0.5, 0.6) is 0 Å². The van der Waals surface area contributed by atoms with E-state index in [-0.39, 0.29) is 11.8 Å². The first-order valence-corrected chi connectivity index (χ1v) is 5.94. The zero-order valence-electron chi connectivity index (χ0n) is 9.99. The molecule has 0 saturated heterocycles. The molecule has 0 aromatic rings. The van der Waals surface area contributed by atoms with Gasteiger partial charge in [0.25, 0.3) is 0 Å². The van der Waals surface area contributed by atoms with Crippen LogP contribution in [0.1, 0.15) is 40.0 Å². The third-order valence-electron chi connectivity index (χ3n) is 3.12. The van der Waals surface area contributed by atoms with Crippen molar-refractivity contribution in [2.24, 2.45) is 17.8 Å². The summed E-state index contributed by atoms with van der Waals surface area (Å²) in [6.07, 6.45) is 2.78. The van der Waals surface area contributed by atoms with Crippen molar-refractivity contribution in [2.75, 3.05) is 6.54 Å². The van der Waals surface area contributed by atoms with Crippen molar-refractivity contribution < 1.29 is 9.90 Å². The molecule has 1 amide bonds. The van der Waals surface area contributed by atoms with Crippen molar-refractivity contribution in [3.63, 3.8) is 0 Å². The van der Waals surface area contributed by atoms with Crippen molar-refractivity contribution in [2.45, 2.75) is 46.1 Å². The summed E-state index contributed by atoms with van der Waals surface area (Å²) in [5.41, 5.74) is 0. The van der Waals surface area contributed by atoms with Crippen LogP contribution in [0.2, 0.25) is 0 Å². The van der Waals surface area contributed by atoms with Crippen LogP contribution in [0.3, 0.4) is 0 Å². The fourth-order valence-electron chi connectivity index (χ4n) is 2.55. The Kier molecular flexibility index (Phi) is 4.58. The molecule has 0 bridgehead atoms. The Hall–Kier alpha value is -0.570. The lowest BCUT2D eigenvalue weighted by Gasteiger charge is -2.30. The van der Waals surface area contributed by atoms with Gasteiger partial charge in [-0.15, -0.1) is 0 Å². The molecule has 0 radical (unpaired) electrons. The topological polar surface area (TPSA) is 49.3 Å². The third kappa shape index (κ3) is 4.20. The minimum atomic E-state index is -0.451. The second-order valence-corrected chi connectivity index (χ2v) is 5.21. The van der Waals surface area contributed by atoms with Crippen LogP contribution >= 0.6 is 0 Å². The zero-order chi connectivity index (χ0) is 11.4. The van der Waals surface area contributed by atoms with Crippen molar-refractivity contribution in [1.82, 2.24) is 5.32 Å². The fraction of sp³-hybridized carbons (Fsp3) is 0.917. The van der Waals surface area contributed by atoms with Crippen LogP contribution in [0, 0.1) is 17.8 Å². The van der Waals surface area contributed by atoms with Gasteiger partial charge in [-0.1, -0.05) is 13.8 Å². The number of aliphatic hydroxyl groups excluding tert-OH is 1. The largest absolute Gasteiger partial charge is 0.392 e. The van der Waals surface area contributed by atoms with E-state index in [9.17, 15) is 4.79 Å². The van der Waals surface area contributed by atoms with E-state index in [0.29, 0.717) is 18.4 Å². The second-order valence-electron chi connectivity index (χ2n) is 5.21. The van der Waals surface area contributed by atoms with Crippen LogP contribution in [0.4, 0.5) is 0 Å². The van der Waals surface area contributed by atoms with Crippen molar-refractivity contribution in [3.05, 3.63) is 0 Å². The highest BCUT2D eigenvalue weighted by molar-refractivity contribution is 5.78. The van der Waals surface area contributed by atoms with Gasteiger partial charge in [0, 0.05) is 12.5 Å². The van der Waals surface area contributed by atoms with E-state index < -0.39 is 6.10 Å². The highest BCUT2D eigenvalue weighted by atomic mass is 16.3. The first-order chi connectivity index (χ1) is 6.99. The van der Waals surface area contributed by atoms with Gasteiger partial charge in [-0.3, -0.25) is 4.79 Å². The summed E-state index contributed by atoms with van der Waals surface area (Å²) < 4.78 is 0. The molecule has 3 heteroatoms. The van der Waals surface area contributed by atoms with Crippen LogP contribution in [0.15, 0.2) is 0 Å². The summed E-state index contributed by atoms with van der Waals surface area (Å²) in [6.45, 7) is 6.49. The molecule has 4 atom stereocenters. The minimum absolute atomic E-state index is 0.120. The molecule has 0 aromatic heterocycles. The summed E-state index contributed by atoms with van der Waals surface area (Å²) in [5.74, 6) is 1.57. The van der Waals surface area contributed by atoms with Crippen LogP contribution < -0.4 is 5.32 Å². The average Bonchev–Trinajstić information content (AvgIpc) is 2.12. The lowest BCUT2D eigenvalue weighted by Crippen LogP contribution is -2.38. The monoisotopic (exact) mass is 213 g/mol. The van der Waals surface area contributed by atoms with E-state index >= 15 is 0 Å². The Morgan fingerprint density at radius 3 is 2.33 bits per heavy atom. The first kappa shape index (κ1) is 12.5. The van der Waals surface area contributed by atoms with Gasteiger partial charge in [0.05, 0.1) is 6.10 Å². The highest BCUT2D eigenvalue weighted by Gasteiger charge is 2.28. The molecule has 2 N–H and O–H groups in total. The van der Waals surface area contributed by atoms with Gasteiger partial charge in [-0.25, -0.2) is 0 Å². The number of carbonyl (C=O) groups excluding carboxylic acids is 1. The second kappa shape index (κ2) is 5.50. The summed E-state index contributed by atoms with van der Waals surface area (Å²) in [5, 5.41) is 11.9. The average molecular weight is 213 g/mol. The van der Waals surface area contributed by atoms with Crippen LogP contribution in [-0.4, -0.2) is 23.7 Å². The minimum Gasteiger partial charge on any atom is -0.392 e. The maximum Gasteiger partial charge on any atom is 0.223 e. The van der Waals surface area contributed by atoms with Gasteiger partial charge >= 0.3 is 0 Å². The molecule has 1 unspecified atom stereocenters.